The first kappa shape index (κ1) is 33.1. The van der Waals surface area contributed by atoms with Crippen LogP contribution < -0.4 is 10.1 Å². The van der Waals surface area contributed by atoms with Crippen molar-refractivity contribution in [2.45, 2.75) is 57.7 Å². The van der Waals surface area contributed by atoms with Crippen LogP contribution in [0.3, 0.4) is 0 Å². The number of alkyl halides is 5. The molecule has 2 aromatic carbocycles. The number of hydrogen-bond donors (Lipinski definition) is 1. The zero-order valence-corrected chi connectivity index (χ0v) is 26.1. The fourth-order valence-electron chi connectivity index (χ4n) is 4.20. The van der Waals surface area contributed by atoms with Gasteiger partial charge >= 0.3 is 6.18 Å². The van der Waals surface area contributed by atoms with Gasteiger partial charge in [0.15, 0.2) is 14.4 Å². The standard InChI is InChI=1S/C30H35F5N4O4Si/c1-29(2,3)44(4,5)41-14-12-36-26(40)18-39-13-11-21-22(7-6-8-24(21)39)27-37-28(43-38-27)19-9-10-25(42-20(16-31)17-32)23(15-19)30(33,34)35/h6-11,13,15,20H,12,14,16-18H2,1-5H3,(H,36,40). The first-order chi connectivity index (χ1) is 20.6. The van der Waals surface area contributed by atoms with E-state index in [1.165, 1.54) is 6.07 Å². The van der Waals surface area contributed by atoms with E-state index in [2.05, 4.69) is 49.3 Å². The number of nitrogens with zero attached hydrogens (tertiary/aromatic N) is 3. The lowest BCUT2D eigenvalue weighted by Crippen LogP contribution is -2.43. The molecule has 0 atom stereocenters. The fraction of sp³-hybridized carbons (Fsp3) is 0.433. The van der Waals surface area contributed by atoms with Crippen LogP contribution in [0.4, 0.5) is 22.0 Å². The molecule has 2 aromatic heterocycles. The summed E-state index contributed by atoms with van der Waals surface area (Å²) in [5.41, 5.74) is -0.0214. The van der Waals surface area contributed by atoms with Gasteiger partial charge in [0, 0.05) is 34.8 Å². The highest BCUT2D eigenvalue weighted by Gasteiger charge is 2.37. The summed E-state index contributed by atoms with van der Waals surface area (Å²) < 4.78 is 85.1. The second kappa shape index (κ2) is 13.1. The van der Waals surface area contributed by atoms with E-state index in [1.807, 2.05) is 6.07 Å². The maximum atomic E-state index is 13.7. The molecular formula is C30H35F5N4O4Si. The molecule has 14 heteroatoms. The Morgan fingerprint density at radius 2 is 1.82 bits per heavy atom. The van der Waals surface area contributed by atoms with Crippen LogP contribution in [-0.2, 0) is 21.9 Å². The first-order valence-electron chi connectivity index (χ1n) is 14.0. The number of carbonyl (C=O) groups excluding carboxylic acids is 1. The SMILES string of the molecule is CC(C)(C)[Si](C)(C)OCCNC(=O)Cn1ccc2c(-c3noc(-c4ccc(OC(CF)CF)c(C(F)(F)F)c4)n3)cccc21. The van der Waals surface area contributed by atoms with Gasteiger partial charge in [0.05, 0.1) is 12.2 Å². The molecule has 0 aliphatic heterocycles. The van der Waals surface area contributed by atoms with E-state index in [1.54, 1.807) is 29.0 Å². The monoisotopic (exact) mass is 638 g/mol. The van der Waals surface area contributed by atoms with Gasteiger partial charge in [-0.25, -0.2) is 8.78 Å². The summed E-state index contributed by atoms with van der Waals surface area (Å²) in [6, 6.07) is 10.0. The van der Waals surface area contributed by atoms with Gasteiger partial charge in [-0.2, -0.15) is 18.2 Å². The fourth-order valence-corrected chi connectivity index (χ4v) is 5.25. The highest BCUT2D eigenvalue weighted by molar-refractivity contribution is 6.74. The largest absolute Gasteiger partial charge is 0.484 e. The molecule has 0 bridgehead atoms. The lowest BCUT2D eigenvalue weighted by Gasteiger charge is -2.36. The zero-order valence-electron chi connectivity index (χ0n) is 25.1. The van der Waals surface area contributed by atoms with E-state index in [-0.39, 0.29) is 34.8 Å². The topological polar surface area (TPSA) is 91.4 Å². The third kappa shape index (κ3) is 7.46. The van der Waals surface area contributed by atoms with E-state index in [4.69, 9.17) is 13.7 Å². The smallest absolute Gasteiger partial charge is 0.419 e. The van der Waals surface area contributed by atoms with Crippen molar-refractivity contribution in [1.29, 1.82) is 0 Å². The predicted octanol–water partition coefficient (Wildman–Crippen LogP) is 7.20. The molecule has 0 fully saturated rings. The van der Waals surface area contributed by atoms with Crippen LogP contribution in [0.15, 0.2) is 53.2 Å². The molecule has 2 heterocycles. The Hall–Kier alpha value is -3.78. The third-order valence-electron chi connectivity index (χ3n) is 7.66. The molecular weight excluding hydrogens is 603 g/mol. The highest BCUT2D eigenvalue weighted by atomic mass is 28.4. The molecule has 0 aliphatic carbocycles. The van der Waals surface area contributed by atoms with Crippen LogP contribution >= 0.6 is 0 Å². The summed E-state index contributed by atoms with van der Waals surface area (Å²) in [5.74, 6) is -0.968. The van der Waals surface area contributed by atoms with Crippen molar-refractivity contribution in [3.63, 3.8) is 0 Å². The Morgan fingerprint density at radius 3 is 2.48 bits per heavy atom. The summed E-state index contributed by atoms with van der Waals surface area (Å²) in [5, 5.41) is 7.62. The maximum Gasteiger partial charge on any atom is 0.419 e. The van der Waals surface area contributed by atoms with Gasteiger partial charge in [-0.1, -0.05) is 38.1 Å². The van der Waals surface area contributed by atoms with Crippen LogP contribution in [0.1, 0.15) is 26.3 Å². The summed E-state index contributed by atoms with van der Waals surface area (Å²) in [7, 11) is -1.91. The number of aromatic nitrogens is 3. The summed E-state index contributed by atoms with van der Waals surface area (Å²) in [6.45, 7) is 9.05. The predicted molar refractivity (Wildman–Crippen MR) is 158 cm³/mol. The molecule has 44 heavy (non-hydrogen) atoms. The van der Waals surface area contributed by atoms with E-state index >= 15 is 0 Å². The van der Waals surface area contributed by atoms with Crippen molar-refractivity contribution in [3.05, 3.63) is 54.2 Å². The number of fused-ring (bicyclic) bond motifs is 1. The van der Waals surface area contributed by atoms with Crippen molar-refractivity contribution < 1.29 is 40.4 Å². The van der Waals surface area contributed by atoms with Gasteiger partial charge in [-0.3, -0.25) is 4.79 Å². The minimum atomic E-state index is -4.87. The molecule has 238 valence electrons. The van der Waals surface area contributed by atoms with E-state index in [0.717, 1.165) is 17.6 Å². The number of amides is 1. The van der Waals surface area contributed by atoms with Crippen LogP contribution in [0.5, 0.6) is 5.75 Å². The molecule has 4 aromatic rings. The van der Waals surface area contributed by atoms with E-state index in [9.17, 15) is 26.7 Å². The minimum Gasteiger partial charge on any atom is -0.484 e. The zero-order chi connectivity index (χ0) is 32.3. The number of halogens is 5. The van der Waals surface area contributed by atoms with Gasteiger partial charge in [0.25, 0.3) is 5.89 Å². The minimum absolute atomic E-state index is 0.0561. The number of nitrogens with one attached hydrogen (secondary N) is 1. The molecule has 0 unspecified atom stereocenters. The molecule has 1 N–H and O–H groups in total. The molecule has 4 rings (SSSR count). The van der Waals surface area contributed by atoms with Crippen LogP contribution in [-0.4, -0.2) is 61.5 Å². The van der Waals surface area contributed by atoms with Crippen molar-refractivity contribution in [2.24, 2.45) is 0 Å². The van der Waals surface area contributed by atoms with E-state index in [0.29, 0.717) is 24.1 Å². The quantitative estimate of drug-likeness (QED) is 0.100. The number of carbonyl (C=O) groups is 1. The van der Waals surface area contributed by atoms with Crippen LogP contribution in [0.2, 0.25) is 18.1 Å². The number of rotatable bonds is 12. The van der Waals surface area contributed by atoms with Gasteiger partial charge in [-0.05, 0) is 48.5 Å². The summed E-state index contributed by atoms with van der Waals surface area (Å²) in [6.07, 6.45) is -4.78. The molecule has 0 spiro atoms. The Labute approximate surface area is 252 Å². The van der Waals surface area contributed by atoms with E-state index < -0.39 is 45.3 Å². The van der Waals surface area contributed by atoms with Crippen molar-refractivity contribution in [3.8, 4) is 28.6 Å². The van der Waals surface area contributed by atoms with Crippen molar-refractivity contribution in [1.82, 2.24) is 20.0 Å². The maximum absolute atomic E-state index is 13.7. The Morgan fingerprint density at radius 1 is 1.09 bits per heavy atom. The average molecular weight is 639 g/mol. The number of ether oxygens (including phenoxy) is 1. The normalized spacial score (nSPS) is 12.7. The summed E-state index contributed by atoms with van der Waals surface area (Å²) in [4.78, 5) is 17.0. The highest BCUT2D eigenvalue weighted by Crippen LogP contribution is 2.40. The molecule has 0 aliphatic rings. The van der Waals surface area contributed by atoms with Crippen LogP contribution in [0, 0.1) is 0 Å². The van der Waals surface area contributed by atoms with Gasteiger partial charge in [-0.15, -0.1) is 0 Å². The van der Waals surface area contributed by atoms with Gasteiger partial charge in [0.1, 0.15) is 25.6 Å². The van der Waals surface area contributed by atoms with Gasteiger partial charge < -0.3 is 23.6 Å². The lowest BCUT2D eigenvalue weighted by atomic mass is 10.1. The van der Waals surface area contributed by atoms with Crippen molar-refractivity contribution in [2.75, 3.05) is 26.5 Å². The lowest BCUT2D eigenvalue weighted by molar-refractivity contribution is -0.139. The average Bonchev–Trinajstić information content (AvgIpc) is 3.61. The number of hydrogen-bond acceptors (Lipinski definition) is 6. The molecule has 8 nitrogen and oxygen atoms in total. The van der Waals surface area contributed by atoms with Crippen LogP contribution in [0.25, 0.3) is 33.7 Å². The molecule has 0 radical (unpaired) electrons. The second-order valence-corrected chi connectivity index (χ2v) is 16.6. The molecule has 0 saturated heterocycles. The Kier molecular flexibility index (Phi) is 9.83. The molecule has 1 amide bonds. The molecule has 0 saturated carbocycles. The number of benzene rings is 2. The van der Waals surface area contributed by atoms with Crippen molar-refractivity contribution >= 4 is 25.1 Å². The van der Waals surface area contributed by atoms with Gasteiger partial charge in [0.2, 0.25) is 11.7 Å². The second-order valence-electron chi connectivity index (χ2n) is 11.8. The Balaban J connectivity index is 1.50. The first-order valence-corrected chi connectivity index (χ1v) is 16.9. The third-order valence-corrected chi connectivity index (χ3v) is 12.2. The summed E-state index contributed by atoms with van der Waals surface area (Å²) >= 11 is 0. The Bertz CT molecular complexity index is 1590.